The Morgan fingerprint density at radius 2 is 1.89 bits per heavy atom. The van der Waals surface area contributed by atoms with Crippen LogP contribution in [-0.4, -0.2) is 43.6 Å². The first-order valence-electron chi connectivity index (χ1n) is 8.43. The van der Waals surface area contributed by atoms with Crippen molar-refractivity contribution in [3.05, 3.63) is 54.1 Å². The molecule has 146 valence electrons. The van der Waals surface area contributed by atoms with Crippen LogP contribution < -0.4 is 15.4 Å². The molecule has 0 radical (unpaired) electrons. The van der Waals surface area contributed by atoms with E-state index in [1.165, 1.54) is 25.1 Å². The molecular weight excluding hydrogens is 384 g/mol. The number of anilines is 2. The number of para-hydroxylation sites is 1. The summed E-state index contributed by atoms with van der Waals surface area (Å²) in [6.07, 6.45) is 0. The van der Waals surface area contributed by atoms with E-state index in [0.29, 0.717) is 17.1 Å². The summed E-state index contributed by atoms with van der Waals surface area (Å²) in [5, 5.41) is 3.62. The first kappa shape index (κ1) is 19.6. The van der Waals surface area contributed by atoms with Crippen molar-refractivity contribution < 1.29 is 27.5 Å². The standard InChI is InChI=1S/C19H18N2O6S/c1-12(28(25,26)11-18(23)20-14-5-3-2-4-6-14)19(24)13-7-8-16-15(9-13)21-17(22)10-27-16/h2-9,12H,10-11H2,1H3,(H,20,23)(H,21,22). The van der Waals surface area contributed by atoms with Gasteiger partial charge in [0.1, 0.15) is 16.8 Å². The molecule has 1 aliphatic heterocycles. The molecule has 0 saturated carbocycles. The highest BCUT2D eigenvalue weighted by Gasteiger charge is 2.31. The predicted octanol–water partition coefficient (Wildman–Crippen LogP) is 1.64. The number of nitrogens with one attached hydrogen (secondary N) is 2. The van der Waals surface area contributed by atoms with Crippen LogP contribution in [0.15, 0.2) is 48.5 Å². The topological polar surface area (TPSA) is 119 Å². The zero-order chi connectivity index (χ0) is 20.3. The Bertz CT molecular complexity index is 1030. The van der Waals surface area contributed by atoms with Crippen molar-refractivity contribution in [3.63, 3.8) is 0 Å². The molecule has 0 fully saturated rings. The van der Waals surface area contributed by atoms with Crippen molar-refractivity contribution in [2.45, 2.75) is 12.2 Å². The Hall–Kier alpha value is -3.20. The number of ether oxygens (including phenoxy) is 1. The third kappa shape index (κ3) is 4.37. The number of Topliss-reactive ketones (excluding diaryl/α,β-unsaturated/α-hetero) is 1. The smallest absolute Gasteiger partial charge is 0.262 e. The van der Waals surface area contributed by atoms with Gasteiger partial charge in [0.2, 0.25) is 5.91 Å². The van der Waals surface area contributed by atoms with Gasteiger partial charge in [-0.25, -0.2) is 8.42 Å². The van der Waals surface area contributed by atoms with E-state index in [1.807, 2.05) is 0 Å². The summed E-state index contributed by atoms with van der Waals surface area (Å²) >= 11 is 0. The fraction of sp³-hybridized carbons (Fsp3) is 0.211. The Morgan fingerprint density at radius 3 is 2.61 bits per heavy atom. The van der Waals surface area contributed by atoms with Crippen molar-refractivity contribution in [1.29, 1.82) is 0 Å². The van der Waals surface area contributed by atoms with Gasteiger partial charge in [0, 0.05) is 11.3 Å². The van der Waals surface area contributed by atoms with E-state index in [0.717, 1.165) is 0 Å². The summed E-state index contributed by atoms with van der Waals surface area (Å²) in [6, 6.07) is 12.7. The molecule has 2 N–H and O–H groups in total. The molecule has 0 spiro atoms. The summed E-state index contributed by atoms with van der Waals surface area (Å²) in [6.45, 7) is 1.11. The van der Waals surface area contributed by atoms with Gasteiger partial charge in [-0.05, 0) is 37.3 Å². The number of ketones is 1. The SMILES string of the molecule is CC(C(=O)c1ccc2c(c1)NC(=O)CO2)S(=O)(=O)CC(=O)Nc1ccccc1. The number of carbonyl (C=O) groups excluding carboxylic acids is 3. The van der Waals surface area contributed by atoms with E-state index in [1.54, 1.807) is 30.3 Å². The Balaban J connectivity index is 1.72. The van der Waals surface area contributed by atoms with Crippen molar-refractivity contribution in [2.75, 3.05) is 23.0 Å². The first-order chi connectivity index (χ1) is 13.3. The first-order valence-corrected chi connectivity index (χ1v) is 10.2. The number of hydrogen-bond acceptors (Lipinski definition) is 6. The molecule has 0 aromatic heterocycles. The Kier molecular flexibility index (Phi) is 5.46. The quantitative estimate of drug-likeness (QED) is 0.709. The van der Waals surface area contributed by atoms with Crippen molar-refractivity contribution >= 4 is 38.8 Å². The maximum Gasteiger partial charge on any atom is 0.262 e. The molecule has 1 aliphatic rings. The lowest BCUT2D eigenvalue weighted by atomic mass is 10.1. The second kappa shape index (κ2) is 7.81. The van der Waals surface area contributed by atoms with E-state index in [2.05, 4.69) is 10.6 Å². The highest BCUT2D eigenvalue weighted by Crippen LogP contribution is 2.29. The van der Waals surface area contributed by atoms with Gasteiger partial charge in [-0.2, -0.15) is 0 Å². The molecule has 9 heteroatoms. The van der Waals surface area contributed by atoms with E-state index in [9.17, 15) is 22.8 Å². The zero-order valence-corrected chi connectivity index (χ0v) is 15.8. The van der Waals surface area contributed by atoms with Crippen LogP contribution in [0.2, 0.25) is 0 Å². The summed E-state index contributed by atoms with van der Waals surface area (Å²) in [5.41, 5.74) is 0.865. The number of fused-ring (bicyclic) bond motifs is 1. The van der Waals surface area contributed by atoms with Crippen LogP contribution in [-0.2, 0) is 19.4 Å². The molecule has 1 heterocycles. The van der Waals surface area contributed by atoms with Crippen LogP contribution in [0.1, 0.15) is 17.3 Å². The fourth-order valence-electron chi connectivity index (χ4n) is 2.66. The average Bonchev–Trinajstić information content (AvgIpc) is 2.66. The van der Waals surface area contributed by atoms with E-state index < -0.39 is 32.5 Å². The Morgan fingerprint density at radius 1 is 1.18 bits per heavy atom. The molecule has 0 bridgehead atoms. The van der Waals surface area contributed by atoms with Crippen molar-refractivity contribution in [2.24, 2.45) is 0 Å². The van der Waals surface area contributed by atoms with Gasteiger partial charge >= 0.3 is 0 Å². The summed E-state index contributed by atoms with van der Waals surface area (Å²) in [5.74, 6) is -2.18. The average molecular weight is 402 g/mol. The zero-order valence-electron chi connectivity index (χ0n) is 15.0. The fourth-order valence-corrected chi connectivity index (χ4v) is 3.81. The molecule has 28 heavy (non-hydrogen) atoms. The summed E-state index contributed by atoms with van der Waals surface area (Å²) in [7, 11) is -4.04. The normalized spacial score (nSPS) is 14.2. The second-order valence-electron chi connectivity index (χ2n) is 6.28. The maximum absolute atomic E-state index is 12.6. The van der Waals surface area contributed by atoms with Gasteiger partial charge < -0.3 is 15.4 Å². The molecule has 2 aromatic carbocycles. The lowest BCUT2D eigenvalue weighted by Gasteiger charge is -2.19. The van der Waals surface area contributed by atoms with E-state index >= 15 is 0 Å². The molecular formula is C19H18N2O6S. The molecule has 2 amide bonds. The minimum absolute atomic E-state index is 0.101. The molecule has 2 aromatic rings. The largest absolute Gasteiger partial charge is 0.482 e. The van der Waals surface area contributed by atoms with Crippen LogP contribution in [0.25, 0.3) is 0 Å². The molecule has 1 unspecified atom stereocenters. The number of rotatable bonds is 6. The van der Waals surface area contributed by atoms with Gasteiger partial charge in [-0.3, -0.25) is 14.4 Å². The maximum atomic E-state index is 12.6. The molecule has 0 aliphatic carbocycles. The van der Waals surface area contributed by atoms with Crippen LogP contribution >= 0.6 is 0 Å². The van der Waals surface area contributed by atoms with Gasteiger partial charge in [0.25, 0.3) is 5.91 Å². The minimum atomic E-state index is -4.04. The summed E-state index contributed by atoms with van der Waals surface area (Å²) < 4.78 is 30.2. The van der Waals surface area contributed by atoms with Gasteiger partial charge in [-0.1, -0.05) is 18.2 Å². The van der Waals surface area contributed by atoms with Gasteiger partial charge in [0.05, 0.1) is 5.69 Å². The number of benzene rings is 2. The highest BCUT2D eigenvalue weighted by molar-refractivity contribution is 7.93. The second-order valence-corrected chi connectivity index (χ2v) is 8.60. The van der Waals surface area contributed by atoms with Crippen LogP contribution in [0, 0.1) is 0 Å². The molecule has 0 saturated heterocycles. The minimum Gasteiger partial charge on any atom is -0.482 e. The van der Waals surface area contributed by atoms with Crippen molar-refractivity contribution in [3.8, 4) is 5.75 Å². The van der Waals surface area contributed by atoms with E-state index in [-0.39, 0.29) is 18.1 Å². The predicted molar refractivity (Wildman–Crippen MR) is 103 cm³/mol. The number of hydrogen-bond donors (Lipinski definition) is 2. The molecule has 3 rings (SSSR count). The number of amides is 2. The number of sulfone groups is 1. The molecule has 1 atom stereocenters. The van der Waals surface area contributed by atoms with Crippen LogP contribution in [0.5, 0.6) is 5.75 Å². The summed E-state index contributed by atoms with van der Waals surface area (Å²) in [4.78, 5) is 36.1. The third-order valence-electron chi connectivity index (χ3n) is 4.19. The van der Waals surface area contributed by atoms with Crippen LogP contribution in [0.4, 0.5) is 11.4 Å². The Labute approximate surface area is 161 Å². The molecule has 8 nitrogen and oxygen atoms in total. The van der Waals surface area contributed by atoms with Crippen LogP contribution in [0.3, 0.4) is 0 Å². The van der Waals surface area contributed by atoms with Crippen molar-refractivity contribution in [1.82, 2.24) is 0 Å². The monoisotopic (exact) mass is 402 g/mol. The van der Waals surface area contributed by atoms with Gasteiger partial charge in [0.15, 0.2) is 22.2 Å². The number of carbonyl (C=O) groups is 3. The lowest BCUT2D eigenvalue weighted by molar-refractivity contribution is -0.118. The van der Waals surface area contributed by atoms with E-state index in [4.69, 9.17) is 4.74 Å². The van der Waals surface area contributed by atoms with Gasteiger partial charge in [-0.15, -0.1) is 0 Å². The lowest BCUT2D eigenvalue weighted by Crippen LogP contribution is -2.34. The third-order valence-corrected chi connectivity index (χ3v) is 6.15. The highest BCUT2D eigenvalue weighted by atomic mass is 32.2.